The Morgan fingerprint density at radius 2 is 1.96 bits per heavy atom. The van der Waals surface area contributed by atoms with Crippen molar-refractivity contribution in [2.45, 2.75) is 25.7 Å². The van der Waals surface area contributed by atoms with Crippen molar-refractivity contribution >= 4 is 17.4 Å². The number of phenolic OH excluding ortho intramolecular Hbond substituents is 1. The molecule has 1 saturated heterocycles. The molecule has 1 aliphatic rings. The molecular weight excluding hydrogens is 290 g/mol. The van der Waals surface area contributed by atoms with Gasteiger partial charge in [0.15, 0.2) is 0 Å². The summed E-state index contributed by atoms with van der Waals surface area (Å²) < 4.78 is 0. The molecule has 0 radical (unpaired) electrons. The van der Waals surface area contributed by atoms with Crippen LogP contribution in [0.25, 0.3) is 0 Å². The van der Waals surface area contributed by atoms with Crippen LogP contribution in [0.1, 0.15) is 24.8 Å². The SMILES string of the molecule is O=C(CCc1ccccc1O)Nc1ccc(N2CCCC2)cn1. The second-order valence-electron chi connectivity index (χ2n) is 5.77. The number of rotatable bonds is 5. The third kappa shape index (κ3) is 4.00. The normalized spacial score (nSPS) is 14.0. The van der Waals surface area contributed by atoms with Crippen molar-refractivity contribution < 1.29 is 9.90 Å². The number of aryl methyl sites for hydroxylation is 1. The van der Waals surface area contributed by atoms with E-state index in [1.807, 2.05) is 30.5 Å². The Kier molecular flexibility index (Phi) is 4.76. The maximum Gasteiger partial charge on any atom is 0.225 e. The second kappa shape index (κ2) is 7.13. The first kappa shape index (κ1) is 15.3. The maximum atomic E-state index is 12.0. The number of para-hydroxylation sites is 1. The lowest BCUT2D eigenvalue weighted by Gasteiger charge is -2.17. The topological polar surface area (TPSA) is 65.5 Å². The molecule has 1 aromatic carbocycles. The molecule has 0 aliphatic carbocycles. The molecule has 0 saturated carbocycles. The Morgan fingerprint density at radius 3 is 2.65 bits per heavy atom. The van der Waals surface area contributed by atoms with Gasteiger partial charge in [-0.25, -0.2) is 4.98 Å². The van der Waals surface area contributed by atoms with Crippen molar-refractivity contribution in [3.63, 3.8) is 0 Å². The summed E-state index contributed by atoms with van der Waals surface area (Å²) in [6, 6.07) is 10.9. The number of nitrogens with zero attached hydrogens (tertiary/aromatic N) is 2. The van der Waals surface area contributed by atoms with Crippen LogP contribution in [-0.2, 0) is 11.2 Å². The van der Waals surface area contributed by atoms with Crippen molar-refractivity contribution in [2.24, 2.45) is 0 Å². The molecule has 5 heteroatoms. The second-order valence-corrected chi connectivity index (χ2v) is 5.77. The van der Waals surface area contributed by atoms with Crippen LogP contribution < -0.4 is 10.2 Å². The molecule has 2 N–H and O–H groups in total. The average molecular weight is 311 g/mol. The first-order valence-corrected chi connectivity index (χ1v) is 8.00. The summed E-state index contributed by atoms with van der Waals surface area (Å²) in [4.78, 5) is 18.6. The highest BCUT2D eigenvalue weighted by Gasteiger charge is 2.12. The van der Waals surface area contributed by atoms with Gasteiger partial charge in [-0.05, 0) is 43.0 Å². The van der Waals surface area contributed by atoms with Gasteiger partial charge in [-0.15, -0.1) is 0 Å². The van der Waals surface area contributed by atoms with Gasteiger partial charge in [0.2, 0.25) is 5.91 Å². The van der Waals surface area contributed by atoms with Crippen molar-refractivity contribution in [3.8, 4) is 5.75 Å². The van der Waals surface area contributed by atoms with Crippen LogP contribution in [0.4, 0.5) is 11.5 Å². The zero-order valence-electron chi connectivity index (χ0n) is 13.0. The van der Waals surface area contributed by atoms with E-state index < -0.39 is 0 Å². The number of carbonyl (C=O) groups excluding carboxylic acids is 1. The van der Waals surface area contributed by atoms with E-state index in [-0.39, 0.29) is 11.7 Å². The van der Waals surface area contributed by atoms with Crippen LogP contribution in [0.15, 0.2) is 42.6 Å². The molecule has 3 rings (SSSR count). The Balaban J connectivity index is 1.52. The summed E-state index contributed by atoms with van der Waals surface area (Å²) in [5, 5.41) is 12.5. The predicted molar refractivity (Wildman–Crippen MR) is 90.7 cm³/mol. The van der Waals surface area contributed by atoms with Crippen LogP contribution in [-0.4, -0.2) is 29.1 Å². The van der Waals surface area contributed by atoms with Gasteiger partial charge in [-0.2, -0.15) is 0 Å². The number of phenols is 1. The molecule has 0 unspecified atom stereocenters. The number of nitrogens with one attached hydrogen (secondary N) is 1. The minimum absolute atomic E-state index is 0.102. The van der Waals surface area contributed by atoms with Gasteiger partial charge >= 0.3 is 0 Å². The molecule has 1 aliphatic heterocycles. The highest BCUT2D eigenvalue weighted by molar-refractivity contribution is 5.90. The number of amides is 1. The monoisotopic (exact) mass is 311 g/mol. The smallest absolute Gasteiger partial charge is 0.225 e. The van der Waals surface area contributed by atoms with E-state index in [4.69, 9.17) is 0 Å². The fourth-order valence-corrected chi connectivity index (χ4v) is 2.80. The summed E-state index contributed by atoms with van der Waals surface area (Å²) in [5.41, 5.74) is 1.88. The fraction of sp³-hybridized carbons (Fsp3) is 0.333. The quantitative estimate of drug-likeness (QED) is 0.891. The van der Waals surface area contributed by atoms with Gasteiger partial charge in [-0.3, -0.25) is 4.79 Å². The van der Waals surface area contributed by atoms with Crippen molar-refractivity contribution in [1.29, 1.82) is 0 Å². The van der Waals surface area contributed by atoms with Crippen molar-refractivity contribution in [1.82, 2.24) is 4.98 Å². The number of anilines is 2. The van der Waals surface area contributed by atoms with Gasteiger partial charge in [0, 0.05) is 19.5 Å². The zero-order chi connectivity index (χ0) is 16.1. The van der Waals surface area contributed by atoms with Crippen LogP contribution >= 0.6 is 0 Å². The van der Waals surface area contributed by atoms with Crippen LogP contribution in [0.2, 0.25) is 0 Å². The average Bonchev–Trinajstić information content (AvgIpc) is 3.09. The summed E-state index contributed by atoms with van der Waals surface area (Å²) in [6.45, 7) is 2.15. The van der Waals surface area contributed by atoms with E-state index in [2.05, 4.69) is 15.2 Å². The van der Waals surface area contributed by atoms with E-state index in [0.29, 0.717) is 18.7 Å². The molecule has 1 fully saturated rings. The molecule has 0 bridgehead atoms. The zero-order valence-corrected chi connectivity index (χ0v) is 13.0. The van der Waals surface area contributed by atoms with Crippen LogP contribution in [0.5, 0.6) is 5.75 Å². The molecule has 0 spiro atoms. The van der Waals surface area contributed by atoms with E-state index in [0.717, 1.165) is 24.3 Å². The highest BCUT2D eigenvalue weighted by Crippen LogP contribution is 2.20. The van der Waals surface area contributed by atoms with E-state index >= 15 is 0 Å². The highest BCUT2D eigenvalue weighted by atomic mass is 16.3. The largest absolute Gasteiger partial charge is 0.508 e. The molecule has 0 atom stereocenters. The molecule has 5 nitrogen and oxygen atoms in total. The number of aromatic hydroxyl groups is 1. The van der Waals surface area contributed by atoms with Gasteiger partial charge in [0.05, 0.1) is 11.9 Å². The number of aromatic nitrogens is 1. The number of pyridine rings is 1. The minimum Gasteiger partial charge on any atom is -0.508 e. The number of carbonyl (C=O) groups is 1. The van der Waals surface area contributed by atoms with Gasteiger partial charge in [0.1, 0.15) is 11.6 Å². The molecule has 1 amide bonds. The molecular formula is C18H21N3O2. The first-order valence-electron chi connectivity index (χ1n) is 8.00. The predicted octanol–water partition coefficient (Wildman–Crippen LogP) is 2.96. The lowest BCUT2D eigenvalue weighted by molar-refractivity contribution is -0.116. The Morgan fingerprint density at radius 1 is 1.17 bits per heavy atom. The standard InChI is InChI=1S/C18H21N3O2/c22-16-6-2-1-5-14(16)7-10-18(23)20-17-9-8-15(13-19-17)21-11-3-4-12-21/h1-2,5-6,8-9,13,22H,3-4,7,10-12H2,(H,19,20,23). The lowest BCUT2D eigenvalue weighted by atomic mass is 10.1. The number of benzene rings is 1. The van der Waals surface area contributed by atoms with Crippen LogP contribution in [0, 0.1) is 0 Å². The summed E-state index contributed by atoms with van der Waals surface area (Å²) in [7, 11) is 0. The van der Waals surface area contributed by atoms with E-state index in [1.165, 1.54) is 12.8 Å². The molecule has 120 valence electrons. The first-order chi connectivity index (χ1) is 11.2. The molecule has 2 aromatic rings. The van der Waals surface area contributed by atoms with Gasteiger partial charge in [-0.1, -0.05) is 18.2 Å². The summed E-state index contributed by atoms with van der Waals surface area (Å²) in [5.74, 6) is 0.693. The van der Waals surface area contributed by atoms with Crippen molar-refractivity contribution in [2.75, 3.05) is 23.3 Å². The third-order valence-corrected chi connectivity index (χ3v) is 4.10. The van der Waals surface area contributed by atoms with Crippen molar-refractivity contribution in [3.05, 3.63) is 48.2 Å². The molecule has 2 heterocycles. The Bertz CT molecular complexity index is 664. The Hall–Kier alpha value is -2.56. The minimum atomic E-state index is -0.102. The van der Waals surface area contributed by atoms with E-state index in [1.54, 1.807) is 12.1 Å². The molecule has 1 aromatic heterocycles. The molecule has 23 heavy (non-hydrogen) atoms. The summed E-state index contributed by atoms with van der Waals surface area (Å²) in [6.07, 6.45) is 5.08. The Labute approximate surface area is 136 Å². The third-order valence-electron chi connectivity index (χ3n) is 4.10. The summed E-state index contributed by atoms with van der Waals surface area (Å²) >= 11 is 0. The number of hydrogen-bond donors (Lipinski definition) is 2. The maximum absolute atomic E-state index is 12.0. The number of hydrogen-bond acceptors (Lipinski definition) is 4. The van der Waals surface area contributed by atoms with Gasteiger partial charge in [0.25, 0.3) is 0 Å². The lowest BCUT2D eigenvalue weighted by Crippen LogP contribution is -2.18. The van der Waals surface area contributed by atoms with Gasteiger partial charge < -0.3 is 15.3 Å². The van der Waals surface area contributed by atoms with E-state index in [9.17, 15) is 9.90 Å². The van der Waals surface area contributed by atoms with Crippen LogP contribution in [0.3, 0.4) is 0 Å². The fourth-order valence-electron chi connectivity index (χ4n) is 2.80.